The number of hydrogen-bond acceptors (Lipinski definition) is 3. The van der Waals surface area contributed by atoms with Gasteiger partial charge in [-0.3, -0.25) is 0 Å². The number of ether oxygens (including phenoxy) is 1. The zero-order valence-corrected chi connectivity index (χ0v) is 17.6. The molecule has 0 saturated carbocycles. The standard InChI is InChI=1S/C21H33F3N4O/c1-4-25-20(27-19-9-11-28(12-10-19)16(2)3)26-13-17-5-7-18(8-6-17)14-29-15-21(22,23)24/h5-8,16,19H,4,9-15H2,1-3H3,(H2,25,26,27). The predicted molar refractivity (Wildman–Crippen MR) is 110 cm³/mol. The van der Waals surface area contributed by atoms with Crippen LogP contribution in [0.15, 0.2) is 29.3 Å². The van der Waals surface area contributed by atoms with Crippen LogP contribution in [-0.4, -0.2) is 55.4 Å². The largest absolute Gasteiger partial charge is 0.411 e. The van der Waals surface area contributed by atoms with E-state index in [-0.39, 0.29) is 6.61 Å². The molecule has 2 rings (SSSR count). The van der Waals surface area contributed by atoms with Crippen LogP contribution in [0.4, 0.5) is 13.2 Å². The van der Waals surface area contributed by atoms with Gasteiger partial charge in [-0.25, -0.2) is 4.99 Å². The summed E-state index contributed by atoms with van der Waals surface area (Å²) in [5.74, 6) is 0.799. The lowest BCUT2D eigenvalue weighted by Crippen LogP contribution is -2.49. The van der Waals surface area contributed by atoms with Crippen molar-refractivity contribution in [3.8, 4) is 0 Å². The third-order valence-corrected chi connectivity index (χ3v) is 4.92. The first-order valence-electron chi connectivity index (χ1n) is 10.3. The number of benzene rings is 1. The highest BCUT2D eigenvalue weighted by Gasteiger charge is 2.27. The van der Waals surface area contributed by atoms with Gasteiger partial charge in [0.25, 0.3) is 0 Å². The molecule has 1 aliphatic rings. The van der Waals surface area contributed by atoms with Crippen LogP contribution in [-0.2, 0) is 17.9 Å². The van der Waals surface area contributed by atoms with Crippen LogP contribution in [0.2, 0.25) is 0 Å². The number of alkyl halides is 3. The number of hydrogen-bond donors (Lipinski definition) is 2. The first-order valence-corrected chi connectivity index (χ1v) is 10.3. The fourth-order valence-corrected chi connectivity index (χ4v) is 3.27. The van der Waals surface area contributed by atoms with E-state index in [1.807, 2.05) is 19.1 Å². The van der Waals surface area contributed by atoms with Crippen molar-refractivity contribution in [1.29, 1.82) is 0 Å². The van der Waals surface area contributed by atoms with Crippen molar-refractivity contribution in [2.45, 2.75) is 65.0 Å². The summed E-state index contributed by atoms with van der Waals surface area (Å²) in [5, 5.41) is 6.81. The first-order chi connectivity index (χ1) is 13.8. The maximum Gasteiger partial charge on any atom is 0.411 e. The Labute approximate surface area is 171 Å². The highest BCUT2D eigenvalue weighted by Crippen LogP contribution is 2.16. The minimum Gasteiger partial charge on any atom is -0.367 e. The Morgan fingerprint density at radius 2 is 1.79 bits per heavy atom. The van der Waals surface area contributed by atoms with E-state index in [4.69, 9.17) is 0 Å². The van der Waals surface area contributed by atoms with E-state index in [0.717, 1.165) is 44.0 Å². The Balaban J connectivity index is 1.83. The molecule has 1 aromatic rings. The quantitative estimate of drug-likeness (QED) is 0.503. The summed E-state index contributed by atoms with van der Waals surface area (Å²) in [5.41, 5.74) is 1.71. The van der Waals surface area contributed by atoms with Crippen molar-refractivity contribution >= 4 is 5.96 Å². The predicted octanol–water partition coefficient (Wildman–Crippen LogP) is 3.69. The number of piperidine rings is 1. The lowest BCUT2D eigenvalue weighted by atomic mass is 10.0. The van der Waals surface area contributed by atoms with Crippen LogP contribution in [0, 0.1) is 0 Å². The lowest BCUT2D eigenvalue weighted by Gasteiger charge is -2.35. The van der Waals surface area contributed by atoms with E-state index in [2.05, 4.69) is 39.1 Å². The molecule has 1 saturated heterocycles. The maximum absolute atomic E-state index is 12.1. The molecule has 0 atom stereocenters. The number of halogens is 3. The molecule has 1 aliphatic heterocycles. The summed E-state index contributed by atoms with van der Waals surface area (Å²) in [4.78, 5) is 7.15. The molecule has 29 heavy (non-hydrogen) atoms. The highest BCUT2D eigenvalue weighted by atomic mass is 19.4. The van der Waals surface area contributed by atoms with Gasteiger partial charge in [0.05, 0.1) is 13.2 Å². The van der Waals surface area contributed by atoms with Crippen LogP contribution < -0.4 is 10.6 Å². The van der Waals surface area contributed by atoms with E-state index < -0.39 is 12.8 Å². The average Bonchev–Trinajstić information content (AvgIpc) is 2.67. The number of nitrogens with one attached hydrogen (secondary N) is 2. The fraction of sp³-hybridized carbons (Fsp3) is 0.667. The molecule has 0 amide bonds. The monoisotopic (exact) mass is 414 g/mol. The molecule has 0 radical (unpaired) electrons. The molecule has 1 heterocycles. The SMILES string of the molecule is CCNC(=NCc1ccc(COCC(F)(F)F)cc1)NC1CCN(C(C)C)CC1. The summed E-state index contributed by atoms with van der Waals surface area (Å²) < 4.78 is 41.1. The van der Waals surface area contributed by atoms with Gasteiger partial charge in [-0.05, 0) is 44.7 Å². The average molecular weight is 415 g/mol. The van der Waals surface area contributed by atoms with Gasteiger partial charge in [0, 0.05) is 31.7 Å². The molecule has 0 unspecified atom stereocenters. The van der Waals surface area contributed by atoms with E-state index in [1.54, 1.807) is 12.1 Å². The number of likely N-dealkylation sites (tertiary alicyclic amines) is 1. The zero-order chi connectivity index (χ0) is 21.3. The molecular weight excluding hydrogens is 381 g/mol. The number of rotatable bonds is 8. The van der Waals surface area contributed by atoms with Crippen molar-refractivity contribution in [2.75, 3.05) is 26.2 Å². The van der Waals surface area contributed by atoms with E-state index in [1.165, 1.54) is 0 Å². The van der Waals surface area contributed by atoms with Crippen LogP contribution in [0.3, 0.4) is 0 Å². The minimum atomic E-state index is -4.30. The normalized spacial score (nSPS) is 17.0. The molecule has 1 aromatic carbocycles. The molecule has 0 bridgehead atoms. The van der Waals surface area contributed by atoms with E-state index in [9.17, 15) is 13.2 Å². The molecule has 1 fully saturated rings. The first kappa shape index (κ1) is 23.5. The Kier molecular flexibility index (Phi) is 9.23. The topological polar surface area (TPSA) is 48.9 Å². The molecular formula is C21H33F3N4O. The molecule has 8 heteroatoms. The van der Waals surface area contributed by atoms with Crippen LogP contribution >= 0.6 is 0 Å². The van der Waals surface area contributed by atoms with Gasteiger partial charge in [-0.1, -0.05) is 24.3 Å². The van der Waals surface area contributed by atoms with Crippen molar-refractivity contribution in [1.82, 2.24) is 15.5 Å². The Morgan fingerprint density at radius 1 is 1.17 bits per heavy atom. The second-order valence-corrected chi connectivity index (χ2v) is 7.67. The van der Waals surface area contributed by atoms with Crippen LogP contribution in [0.25, 0.3) is 0 Å². The van der Waals surface area contributed by atoms with Crippen molar-refractivity contribution in [2.24, 2.45) is 4.99 Å². The molecule has 164 valence electrons. The van der Waals surface area contributed by atoms with Crippen molar-refractivity contribution < 1.29 is 17.9 Å². The second kappa shape index (κ2) is 11.4. The molecule has 0 spiro atoms. The summed E-state index contributed by atoms with van der Waals surface area (Å²) in [6, 6.07) is 8.31. The van der Waals surface area contributed by atoms with Gasteiger partial charge in [0.15, 0.2) is 5.96 Å². The van der Waals surface area contributed by atoms with Crippen LogP contribution in [0.1, 0.15) is 44.7 Å². The summed E-state index contributed by atoms with van der Waals surface area (Å²) in [7, 11) is 0. The number of nitrogens with zero attached hydrogens (tertiary/aromatic N) is 2. The third-order valence-electron chi connectivity index (χ3n) is 4.92. The summed E-state index contributed by atoms with van der Waals surface area (Å²) in [6.07, 6.45) is -2.11. The number of aliphatic imine (C=N–C) groups is 1. The van der Waals surface area contributed by atoms with Crippen LogP contribution in [0.5, 0.6) is 0 Å². The van der Waals surface area contributed by atoms with E-state index in [0.29, 0.717) is 24.2 Å². The third kappa shape index (κ3) is 9.04. The van der Waals surface area contributed by atoms with Gasteiger partial charge >= 0.3 is 6.18 Å². The summed E-state index contributed by atoms with van der Waals surface area (Å²) in [6.45, 7) is 8.68. The highest BCUT2D eigenvalue weighted by molar-refractivity contribution is 5.80. The molecule has 0 aliphatic carbocycles. The Hall–Kier alpha value is -1.80. The van der Waals surface area contributed by atoms with Gasteiger partial charge in [-0.2, -0.15) is 13.2 Å². The van der Waals surface area contributed by atoms with Gasteiger partial charge in [0.2, 0.25) is 0 Å². The van der Waals surface area contributed by atoms with Gasteiger partial charge < -0.3 is 20.3 Å². The Morgan fingerprint density at radius 3 is 2.34 bits per heavy atom. The van der Waals surface area contributed by atoms with E-state index >= 15 is 0 Å². The van der Waals surface area contributed by atoms with Gasteiger partial charge in [-0.15, -0.1) is 0 Å². The number of guanidine groups is 1. The van der Waals surface area contributed by atoms with Crippen molar-refractivity contribution in [3.63, 3.8) is 0 Å². The smallest absolute Gasteiger partial charge is 0.367 e. The minimum absolute atomic E-state index is 0.0532. The molecule has 2 N–H and O–H groups in total. The Bertz CT molecular complexity index is 624. The van der Waals surface area contributed by atoms with Gasteiger partial charge in [0.1, 0.15) is 6.61 Å². The lowest BCUT2D eigenvalue weighted by molar-refractivity contribution is -0.176. The fourth-order valence-electron chi connectivity index (χ4n) is 3.27. The summed E-state index contributed by atoms with van der Waals surface area (Å²) >= 11 is 0. The zero-order valence-electron chi connectivity index (χ0n) is 17.6. The maximum atomic E-state index is 12.1. The second-order valence-electron chi connectivity index (χ2n) is 7.67. The molecule has 0 aromatic heterocycles. The van der Waals surface area contributed by atoms with Crippen molar-refractivity contribution in [3.05, 3.63) is 35.4 Å². The molecule has 5 nitrogen and oxygen atoms in total.